The zero-order chi connectivity index (χ0) is 35.7. The van der Waals surface area contributed by atoms with Gasteiger partial charge in [-0.1, -0.05) is 30.8 Å². The van der Waals surface area contributed by atoms with Gasteiger partial charge in [-0.2, -0.15) is 10.2 Å². The molecule has 0 aromatic heterocycles. The van der Waals surface area contributed by atoms with Crippen LogP contribution in [0.15, 0.2) is 65.3 Å². The van der Waals surface area contributed by atoms with Gasteiger partial charge >= 0.3 is 17.9 Å². The summed E-state index contributed by atoms with van der Waals surface area (Å²) < 4.78 is 31.8. The summed E-state index contributed by atoms with van der Waals surface area (Å²) in [5.41, 5.74) is 2.57. The van der Waals surface area contributed by atoms with Crippen LogP contribution >= 0.6 is 0 Å². The van der Waals surface area contributed by atoms with E-state index in [1.807, 2.05) is 6.92 Å². The Morgan fingerprint density at radius 2 is 1.66 bits per heavy atom. The van der Waals surface area contributed by atoms with Gasteiger partial charge in [0.1, 0.15) is 44.2 Å². The van der Waals surface area contributed by atoms with Gasteiger partial charge in [0, 0.05) is 12.5 Å². The highest BCUT2D eigenvalue weighted by Gasteiger charge is 2.50. The van der Waals surface area contributed by atoms with Gasteiger partial charge in [-0.3, -0.25) is 14.8 Å². The fourth-order valence-electron chi connectivity index (χ4n) is 5.09. The molecule has 0 amide bonds. The Morgan fingerprint density at radius 3 is 2.36 bits per heavy atom. The Bertz CT molecular complexity index is 1510. The molecular weight excluding hydrogens is 660 g/mol. The van der Waals surface area contributed by atoms with Crippen molar-refractivity contribution in [3.05, 3.63) is 82.9 Å². The normalized spacial score (nSPS) is 20.4. The van der Waals surface area contributed by atoms with Crippen LogP contribution in [-0.4, -0.2) is 99.5 Å². The van der Waals surface area contributed by atoms with Crippen LogP contribution in [0.4, 0.5) is 0 Å². The molecule has 0 bridgehead atoms. The largest absolute Gasteiger partial charge is 0.463 e. The maximum absolute atomic E-state index is 12.8. The smallest absolute Gasteiger partial charge is 0.338 e. The summed E-state index contributed by atoms with van der Waals surface area (Å²) >= 11 is 0. The quantitative estimate of drug-likeness (QED) is 0.0310. The third-order valence-electron chi connectivity index (χ3n) is 7.47. The lowest BCUT2D eigenvalue weighted by Gasteiger charge is -2.17. The lowest BCUT2D eigenvalue weighted by Crippen LogP contribution is -2.35. The van der Waals surface area contributed by atoms with Crippen molar-refractivity contribution in [1.82, 2.24) is 0 Å². The SMILES string of the molecule is C=CC(=O)OCCOC(=O)CCC(OO)c1ccc(C=NN=Cc2ccc(C(=O)OC3CO[C@H]4[C@@H]3OC[C@H]4OOCC)cc2)cc1COC=O. The standard InChI is InChI=1S/C34H38N2O14/c1-3-30(38)43-13-14-44-31(39)12-11-27(49-41)26-10-7-23(15-25(26)18-42-21-37)17-36-35-16-22-5-8-24(9-6-22)34(40)48-28-19-45-33-29(50-47-4-2)20-46-32(28)33/h3,5-10,15-17,21,27-29,32-33,41H,1,4,11-14,18-20H2,2H3/t27?,28?,29-,32-,33-/m1/s1. The van der Waals surface area contributed by atoms with Crippen LogP contribution in [0.3, 0.4) is 0 Å². The van der Waals surface area contributed by atoms with E-state index in [1.165, 1.54) is 12.4 Å². The zero-order valence-electron chi connectivity index (χ0n) is 27.3. The van der Waals surface area contributed by atoms with E-state index < -0.39 is 36.2 Å². The van der Waals surface area contributed by atoms with Crippen LogP contribution < -0.4 is 0 Å². The van der Waals surface area contributed by atoms with E-state index in [2.05, 4.69) is 21.7 Å². The minimum Gasteiger partial charge on any atom is -0.463 e. The number of fused-ring (bicyclic) bond motifs is 1. The maximum Gasteiger partial charge on any atom is 0.338 e. The van der Waals surface area contributed by atoms with Crippen LogP contribution in [0.5, 0.6) is 0 Å². The first-order valence-corrected chi connectivity index (χ1v) is 15.7. The molecule has 1 N–H and O–H groups in total. The number of rotatable bonds is 20. The Balaban J connectivity index is 1.28. The number of hydrogen-bond donors (Lipinski definition) is 1. The van der Waals surface area contributed by atoms with Crippen molar-refractivity contribution in [1.29, 1.82) is 0 Å². The molecule has 50 heavy (non-hydrogen) atoms. The second kappa shape index (κ2) is 20.0. The predicted molar refractivity (Wildman–Crippen MR) is 172 cm³/mol. The van der Waals surface area contributed by atoms with Crippen molar-refractivity contribution in [3.8, 4) is 0 Å². The second-order valence-corrected chi connectivity index (χ2v) is 10.8. The molecule has 2 fully saturated rings. The van der Waals surface area contributed by atoms with Crippen LogP contribution in [0.2, 0.25) is 0 Å². The number of carbonyl (C=O) groups excluding carboxylic acids is 4. The fourth-order valence-corrected chi connectivity index (χ4v) is 5.09. The minimum atomic E-state index is -0.942. The molecule has 2 aliphatic rings. The number of carbonyl (C=O) groups is 4. The summed E-state index contributed by atoms with van der Waals surface area (Å²) in [5, 5.41) is 17.7. The number of hydrogen-bond acceptors (Lipinski definition) is 16. The highest BCUT2D eigenvalue weighted by atomic mass is 17.2. The fraction of sp³-hybridized carbons (Fsp3) is 0.412. The number of ether oxygens (including phenoxy) is 6. The van der Waals surface area contributed by atoms with E-state index in [4.69, 9.17) is 38.2 Å². The highest BCUT2D eigenvalue weighted by molar-refractivity contribution is 5.91. The Kier molecular flexibility index (Phi) is 15.2. The average Bonchev–Trinajstić information content (AvgIpc) is 3.73. The first-order valence-electron chi connectivity index (χ1n) is 15.7. The summed E-state index contributed by atoms with van der Waals surface area (Å²) in [6.07, 6.45) is 1.16. The first kappa shape index (κ1) is 38.0. The summed E-state index contributed by atoms with van der Waals surface area (Å²) in [5.74, 6) is -1.75. The molecule has 2 aliphatic heterocycles. The van der Waals surface area contributed by atoms with Crippen LogP contribution in [0.1, 0.15) is 58.5 Å². The van der Waals surface area contributed by atoms with Gasteiger partial charge in [-0.05, 0) is 53.8 Å². The Hall–Kier alpha value is -4.84. The van der Waals surface area contributed by atoms with Gasteiger partial charge in [-0.25, -0.2) is 24.3 Å². The molecule has 2 aromatic rings. The molecule has 0 spiro atoms. The maximum atomic E-state index is 12.8. The van der Waals surface area contributed by atoms with E-state index in [1.54, 1.807) is 42.5 Å². The third kappa shape index (κ3) is 11.1. The lowest BCUT2D eigenvalue weighted by molar-refractivity contribution is -0.330. The number of nitrogens with zero attached hydrogens (tertiary/aromatic N) is 2. The molecule has 2 saturated heterocycles. The van der Waals surface area contributed by atoms with E-state index >= 15 is 0 Å². The van der Waals surface area contributed by atoms with E-state index in [0.717, 1.165) is 6.08 Å². The minimum absolute atomic E-state index is 0.0410. The lowest BCUT2D eigenvalue weighted by atomic mass is 9.97. The topological polar surface area (TPSA) is 196 Å². The van der Waals surface area contributed by atoms with Crippen molar-refractivity contribution in [2.24, 2.45) is 10.2 Å². The molecule has 16 nitrogen and oxygen atoms in total. The molecule has 268 valence electrons. The van der Waals surface area contributed by atoms with E-state index in [0.29, 0.717) is 34.4 Å². The van der Waals surface area contributed by atoms with E-state index in [9.17, 15) is 24.4 Å². The highest BCUT2D eigenvalue weighted by Crippen LogP contribution is 2.31. The van der Waals surface area contributed by atoms with Crippen LogP contribution in [-0.2, 0) is 64.1 Å². The van der Waals surface area contributed by atoms with Gasteiger partial charge in [0.2, 0.25) is 0 Å². The van der Waals surface area contributed by atoms with Crippen molar-refractivity contribution in [2.45, 2.75) is 56.9 Å². The van der Waals surface area contributed by atoms with Crippen LogP contribution in [0.25, 0.3) is 0 Å². The molecule has 0 radical (unpaired) electrons. The summed E-state index contributed by atoms with van der Waals surface area (Å²) in [7, 11) is 0. The number of benzene rings is 2. The zero-order valence-corrected chi connectivity index (χ0v) is 27.3. The molecule has 0 saturated carbocycles. The van der Waals surface area contributed by atoms with Crippen LogP contribution in [0, 0.1) is 0 Å². The summed E-state index contributed by atoms with van der Waals surface area (Å²) in [4.78, 5) is 61.7. The van der Waals surface area contributed by atoms with Gasteiger partial charge in [0.25, 0.3) is 6.47 Å². The van der Waals surface area contributed by atoms with Crippen molar-refractivity contribution < 1.29 is 67.5 Å². The third-order valence-corrected chi connectivity index (χ3v) is 7.47. The van der Waals surface area contributed by atoms with Gasteiger partial charge in [0.05, 0.1) is 37.8 Å². The molecule has 2 aromatic carbocycles. The predicted octanol–water partition coefficient (Wildman–Crippen LogP) is 3.06. The van der Waals surface area contributed by atoms with Gasteiger partial charge in [0.15, 0.2) is 6.10 Å². The molecule has 2 heterocycles. The molecule has 16 heteroatoms. The monoisotopic (exact) mass is 698 g/mol. The van der Waals surface area contributed by atoms with Gasteiger partial charge in [-0.15, -0.1) is 0 Å². The first-order chi connectivity index (χ1) is 24.4. The molecule has 5 atom stereocenters. The Morgan fingerprint density at radius 1 is 0.980 bits per heavy atom. The molecule has 0 aliphatic carbocycles. The van der Waals surface area contributed by atoms with Crippen molar-refractivity contribution >= 4 is 36.8 Å². The Labute approximate surface area is 287 Å². The summed E-state index contributed by atoms with van der Waals surface area (Å²) in [6.45, 7) is 5.82. The summed E-state index contributed by atoms with van der Waals surface area (Å²) in [6, 6.07) is 11.6. The number of esters is 3. The molecule has 2 unspecified atom stereocenters. The van der Waals surface area contributed by atoms with Crippen molar-refractivity contribution in [2.75, 3.05) is 33.0 Å². The molecular formula is C34H38N2O14. The second-order valence-electron chi connectivity index (χ2n) is 10.8. The van der Waals surface area contributed by atoms with E-state index in [-0.39, 0.29) is 64.6 Å². The van der Waals surface area contributed by atoms with Gasteiger partial charge < -0.3 is 28.4 Å². The average molecular weight is 699 g/mol. The molecule has 4 rings (SSSR count). The van der Waals surface area contributed by atoms with Crippen molar-refractivity contribution in [3.63, 3.8) is 0 Å².